The molecule has 21 heavy (non-hydrogen) atoms. The quantitative estimate of drug-likeness (QED) is 0.691. The Hall–Kier alpha value is -2.18. The van der Waals surface area contributed by atoms with Crippen molar-refractivity contribution in [1.29, 1.82) is 0 Å². The maximum Gasteiger partial charge on any atom is 0.271 e. The van der Waals surface area contributed by atoms with Gasteiger partial charge < -0.3 is 16.0 Å². The topological polar surface area (TPSA) is 96.0 Å². The van der Waals surface area contributed by atoms with E-state index >= 15 is 0 Å². The summed E-state index contributed by atoms with van der Waals surface area (Å²) in [5.74, 6) is 0.491. The number of rotatable bonds is 7. The minimum absolute atomic E-state index is 0.0988. The number of anilines is 1. The zero-order valence-electron chi connectivity index (χ0n) is 12.9. The molecule has 0 saturated heterocycles. The molecule has 1 heterocycles. The minimum Gasteiger partial charge on any atom is -0.357 e. The normalized spacial score (nSPS) is 11.9. The Kier molecular flexibility index (Phi) is 6.58. The molecule has 3 N–H and O–H groups in total. The van der Waals surface area contributed by atoms with Crippen LogP contribution in [0.15, 0.2) is 12.1 Å². The standard InChI is InChI=1S/C14H23N5O2/c1-5-15-14(21)11-6-7-12(19-18-11)17-10(4)13(20)16-8-9(2)3/h6-7,9-10H,5,8H2,1-4H3,(H,15,21)(H,16,20)(H,17,19). The van der Waals surface area contributed by atoms with Gasteiger partial charge in [0.25, 0.3) is 5.91 Å². The summed E-state index contributed by atoms with van der Waals surface area (Å²) in [5.41, 5.74) is 0.249. The van der Waals surface area contributed by atoms with Crippen LogP contribution in [0.1, 0.15) is 38.2 Å². The van der Waals surface area contributed by atoms with Crippen LogP contribution in [0, 0.1) is 5.92 Å². The molecule has 7 heteroatoms. The van der Waals surface area contributed by atoms with Crippen molar-refractivity contribution in [3.8, 4) is 0 Å². The van der Waals surface area contributed by atoms with Gasteiger partial charge >= 0.3 is 0 Å². The molecule has 0 aliphatic heterocycles. The first-order valence-corrected chi connectivity index (χ1v) is 7.10. The van der Waals surface area contributed by atoms with Gasteiger partial charge in [0, 0.05) is 13.1 Å². The van der Waals surface area contributed by atoms with E-state index in [4.69, 9.17) is 0 Å². The summed E-state index contributed by atoms with van der Waals surface area (Å²) in [4.78, 5) is 23.4. The number of hydrogen-bond acceptors (Lipinski definition) is 5. The largest absolute Gasteiger partial charge is 0.357 e. The molecular weight excluding hydrogens is 270 g/mol. The molecule has 1 atom stereocenters. The van der Waals surface area contributed by atoms with Gasteiger partial charge in [0.2, 0.25) is 5.91 Å². The molecule has 0 fully saturated rings. The number of amides is 2. The number of carbonyl (C=O) groups is 2. The van der Waals surface area contributed by atoms with E-state index in [0.29, 0.717) is 24.8 Å². The third-order valence-electron chi connectivity index (χ3n) is 2.68. The molecule has 7 nitrogen and oxygen atoms in total. The highest BCUT2D eigenvalue weighted by atomic mass is 16.2. The molecule has 0 aliphatic carbocycles. The number of aromatic nitrogens is 2. The Bertz CT molecular complexity index is 473. The highest BCUT2D eigenvalue weighted by Gasteiger charge is 2.14. The van der Waals surface area contributed by atoms with Gasteiger partial charge in [-0.2, -0.15) is 0 Å². The second-order valence-corrected chi connectivity index (χ2v) is 5.17. The van der Waals surface area contributed by atoms with Crippen molar-refractivity contribution < 1.29 is 9.59 Å². The highest BCUT2D eigenvalue weighted by Crippen LogP contribution is 2.04. The second-order valence-electron chi connectivity index (χ2n) is 5.17. The molecule has 0 aromatic carbocycles. The first-order valence-electron chi connectivity index (χ1n) is 7.10. The average molecular weight is 293 g/mol. The van der Waals surface area contributed by atoms with Crippen molar-refractivity contribution in [2.45, 2.75) is 33.7 Å². The van der Waals surface area contributed by atoms with Crippen LogP contribution < -0.4 is 16.0 Å². The monoisotopic (exact) mass is 293 g/mol. The van der Waals surface area contributed by atoms with E-state index in [-0.39, 0.29) is 17.5 Å². The van der Waals surface area contributed by atoms with Gasteiger partial charge in [-0.15, -0.1) is 10.2 Å². The molecule has 1 unspecified atom stereocenters. The molecule has 0 radical (unpaired) electrons. The maximum absolute atomic E-state index is 11.8. The summed E-state index contributed by atoms with van der Waals surface area (Å²) >= 11 is 0. The number of hydrogen-bond donors (Lipinski definition) is 3. The summed E-state index contributed by atoms with van der Waals surface area (Å²) < 4.78 is 0. The highest BCUT2D eigenvalue weighted by molar-refractivity contribution is 5.92. The second kappa shape index (κ2) is 8.18. The Labute approximate surface area is 124 Å². The Balaban J connectivity index is 2.55. The third kappa shape index (κ3) is 5.76. The summed E-state index contributed by atoms with van der Waals surface area (Å²) in [6.45, 7) is 8.81. The van der Waals surface area contributed by atoms with Crippen LogP contribution in [0.3, 0.4) is 0 Å². The molecule has 1 aromatic rings. The number of nitrogens with one attached hydrogen (secondary N) is 3. The molecule has 116 valence electrons. The third-order valence-corrected chi connectivity index (χ3v) is 2.68. The first kappa shape index (κ1) is 16.9. The molecule has 0 bridgehead atoms. The molecule has 0 aliphatic rings. The fraction of sp³-hybridized carbons (Fsp3) is 0.571. The first-order chi connectivity index (χ1) is 9.93. The summed E-state index contributed by atoms with van der Waals surface area (Å²) in [5, 5.41) is 16.1. The molecule has 1 aromatic heterocycles. The smallest absolute Gasteiger partial charge is 0.271 e. The zero-order chi connectivity index (χ0) is 15.8. The Morgan fingerprint density at radius 1 is 1.14 bits per heavy atom. The van der Waals surface area contributed by atoms with Crippen LogP contribution >= 0.6 is 0 Å². The zero-order valence-corrected chi connectivity index (χ0v) is 12.9. The lowest BCUT2D eigenvalue weighted by Crippen LogP contribution is -2.39. The fourth-order valence-electron chi connectivity index (χ4n) is 1.53. The fourth-order valence-corrected chi connectivity index (χ4v) is 1.53. The van der Waals surface area contributed by atoms with Crippen LogP contribution in [-0.4, -0.2) is 41.1 Å². The van der Waals surface area contributed by atoms with Gasteiger partial charge in [0.1, 0.15) is 11.9 Å². The Morgan fingerprint density at radius 2 is 1.86 bits per heavy atom. The van der Waals surface area contributed by atoms with Crippen LogP contribution in [0.2, 0.25) is 0 Å². The van der Waals surface area contributed by atoms with Gasteiger partial charge in [-0.25, -0.2) is 0 Å². The SMILES string of the molecule is CCNC(=O)c1ccc(NC(C)C(=O)NCC(C)C)nn1. The van der Waals surface area contributed by atoms with Crippen molar-refractivity contribution in [2.24, 2.45) is 5.92 Å². The molecule has 2 amide bonds. The lowest BCUT2D eigenvalue weighted by atomic mass is 10.2. The van der Waals surface area contributed by atoms with Gasteiger partial charge in [0.05, 0.1) is 0 Å². The van der Waals surface area contributed by atoms with Crippen molar-refractivity contribution >= 4 is 17.6 Å². The summed E-state index contributed by atoms with van der Waals surface area (Å²) in [6, 6.07) is 2.77. The van der Waals surface area contributed by atoms with Gasteiger partial charge in [0.15, 0.2) is 5.69 Å². The number of nitrogens with zero attached hydrogens (tertiary/aromatic N) is 2. The van der Waals surface area contributed by atoms with Gasteiger partial charge in [-0.1, -0.05) is 13.8 Å². The predicted molar refractivity (Wildman–Crippen MR) is 81.0 cm³/mol. The average Bonchev–Trinajstić information content (AvgIpc) is 2.45. The van der Waals surface area contributed by atoms with Gasteiger partial charge in [-0.3, -0.25) is 9.59 Å². The minimum atomic E-state index is -0.423. The van der Waals surface area contributed by atoms with E-state index in [1.54, 1.807) is 19.1 Å². The van der Waals surface area contributed by atoms with E-state index < -0.39 is 6.04 Å². The van der Waals surface area contributed by atoms with Crippen LogP contribution in [0.5, 0.6) is 0 Å². The van der Waals surface area contributed by atoms with E-state index in [9.17, 15) is 9.59 Å². The maximum atomic E-state index is 11.8. The Morgan fingerprint density at radius 3 is 2.38 bits per heavy atom. The lowest BCUT2D eigenvalue weighted by molar-refractivity contribution is -0.121. The van der Waals surface area contributed by atoms with Gasteiger partial charge in [-0.05, 0) is 31.9 Å². The van der Waals surface area contributed by atoms with E-state index in [2.05, 4.69) is 26.1 Å². The van der Waals surface area contributed by atoms with Crippen LogP contribution in [0.4, 0.5) is 5.82 Å². The van der Waals surface area contributed by atoms with Crippen molar-refractivity contribution in [1.82, 2.24) is 20.8 Å². The van der Waals surface area contributed by atoms with E-state index in [0.717, 1.165) is 0 Å². The predicted octanol–water partition coefficient (Wildman–Crippen LogP) is 0.799. The summed E-state index contributed by atoms with van der Waals surface area (Å²) in [6.07, 6.45) is 0. The molecule has 0 spiro atoms. The van der Waals surface area contributed by atoms with E-state index in [1.165, 1.54) is 0 Å². The molecular formula is C14H23N5O2. The van der Waals surface area contributed by atoms with Crippen molar-refractivity contribution in [3.05, 3.63) is 17.8 Å². The lowest BCUT2D eigenvalue weighted by Gasteiger charge is -2.15. The van der Waals surface area contributed by atoms with Crippen molar-refractivity contribution in [2.75, 3.05) is 18.4 Å². The summed E-state index contributed by atoms with van der Waals surface area (Å²) in [7, 11) is 0. The number of carbonyl (C=O) groups excluding carboxylic acids is 2. The van der Waals surface area contributed by atoms with Crippen molar-refractivity contribution in [3.63, 3.8) is 0 Å². The molecule has 1 rings (SSSR count). The molecule has 0 saturated carbocycles. The van der Waals surface area contributed by atoms with E-state index in [1.807, 2.05) is 20.8 Å². The van der Waals surface area contributed by atoms with Crippen LogP contribution in [-0.2, 0) is 4.79 Å². The van der Waals surface area contributed by atoms with Crippen LogP contribution in [0.25, 0.3) is 0 Å².